The molecule has 6 heteroatoms. The Morgan fingerprint density at radius 3 is 2.90 bits per heavy atom. The van der Waals surface area contributed by atoms with Crippen LogP contribution in [0.4, 0.5) is 5.69 Å². The normalized spacial score (nSPS) is 11.0. The van der Waals surface area contributed by atoms with Gasteiger partial charge < -0.3 is 10.1 Å². The number of benzene rings is 1. The third kappa shape index (κ3) is 2.59. The Labute approximate surface area is 132 Å². The molecule has 0 bridgehead atoms. The lowest BCUT2D eigenvalue weighted by molar-refractivity contribution is 0.415. The van der Waals surface area contributed by atoms with Gasteiger partial charge in [0.05, 0.1) is 30.1 Å². The molecule has 2 aromatic heterocycles. The molecule has 0 atom stereocenters. The summed E-state index contributed by atoms with van der Waals surface area (Å²) in [6.45, 7) is 4.84. The second kappa shape index (κ2) is 5.58. The van der Waals surface area contributed by atoms with E-state index in [4.69, 9.17) is 16.3 Å². The summed E-state index contributed by atoms with van der Waals surface area (Å²) in [4.78, 5) is 5.62. The molecule has 0 amide bonds. The van der Waals surface area contributed by atoms with E-state index in [1.165, 1.54) is 11.4 Å². The van der Waals surface area contributed by atoms with E-state index in [-0.39, 0.29) is 0 Å². The topological polar surface area (TPSA) is 38.6 Å². The van der Waals surface area contributed by atoms with Crippen LogP contribution in [0.2, 0.25) is 5.02 Å². The van der Waals surface area contributed by atoms with Crippen molar-refractivity contribution < 1.29 is 4.74 Å². The van der Waals surface area contributed by atoms with Crippen LogP contribution in [0.1, 0.15) is 17.1 Å². The summed E-state index contributed by atoms with van der Waals surface area (Å²) in [5.41, 5.74) is 4.40. The monoisotopic (exact) mass is 321 g/mol. The van der Waals surface area contributed by atoms with Crippen LogP contribution in [0.5, 0.6) is 5.75 Å². The van der Waals surface area contributed by atoms with E-state index in [2.05, 4.69) is 27.0 Å². The fourth-order valence-electron chi connectivity index (χ4n) is 2.34. The number of hydrogen-bond donors (Lipinski definition) is 1. The van der Waals surface area contributed by atoms with Crippen molar-refractivity contribution in [3.63, 3.8) is 0 Å². The predicted octanol–water partition coefficient (Wildman–Crippen LogP) is 4.29. The van der Waals surface area contributed by atoms with Crippen molar-refractivity contribution in [2.75, 3.05) is 12.4 Å². The lowest BCUT2D eigenvalue weighted by atomic mass is 10.2. The number of aryl methyl sites for hydroxylation is 2. The number of aromatic nitrogens is 2. The van der Waals surface area contributed by atoms with Crippen LogP contribution < -0.4 is 10.1 Å². The molecular weight excluding hydrogens is 306 g/mol. The van der Waals surface area contributed by atoms with E-state index >= 15 is 0 Å². The van der Waals surface area contributed by atoms with Crippen molar-refractivity contribution in [1.82, 2.24) is 9.38 Å². The second-order valence-electron chi connectivity index (χ2n) is 4.84. The maximum absolute atomic E-state index is 6.14. The highest BCUT2D eigenvalue weighted by Crippen LogP contribution is 2.28. The summed E-state index contributed by atoms with van der Waals surface area (Å²) in [7, 11) is 1.61. The molecule has 0 aliphatic heterocycles. The highest BCUT2D eigenvalue weighted by Gasteiger charge is 2.12. The van der Waals surface area contributed by atoms with E-state index < -0.39 is 0 Å². The highest BCUT2D eigenvalue weighted by atomic mass is 35.5. The lowest BCUT2D eigenvalue weighted by Gasteiger charge is -2.09. The average Bonchev–Trinajstić information content (AvgIpc) is 2.96. The summed E-state index contributed by atoms with van der Waals surface area (Å²) < 4.78 is 7.35. The van der Waals surface area contributed by atoms with Crippen LogP contribution in [-0.2, 0) is 6.54 Å². The van der Waals surface area contributed by atoms with Gasteiger partial charge in [-0.2, -0.15) is 0 Å². The van der Waals surface area contributed by atoms with E-state index in [1.54, 1.807) is 18.4 Å². The Bertz CT molecular complexity index is 794. The van der Waals surface area contributed by atoms with Gasteiger partial charge in [-0.1, -0.05) is 11.6 Å². The molecule has 0 fully saturated rings. The minimum absolute atomic E-state index is 0.601. The molecule has 4 nitrogen and oxygen atoms in total. The number of halogens is 1. The Hall–Kier alpha value is -1.72. The van der Waals surface area contributed by atoms with Crippen LogP contribution in [0, 0.1) is 13.8 Å². The first-order valence-electron chi connectivity index (χ1n) is 6.59. The van der Waals surface area contributed by atoms with Gasteiger partial charge >= 0.3 is 0 Å². The fraction of sp³-hybridized carbons (Fsp3) is 0.267. The van der Waals surface area contributed by atoms with Gasteiger partial charge in [-0.3, -0.25) is 4.40 Å². The zero-order valence-corrected chi connectivity index (χ0v) is 13.7. The molecule has 21 heavy (non-hydrogen) atoms. The Balaban J connectivity index is 1.85. The van der Waals surface area contributed by atoms with Crippen molar-refractivity contribution >= 4 is 33.6 Å². The molecule has 0 unspecified atom stereocenters. The standard InChI is InChI=1S/C15H16ClN3OS/c1-9-8-21-15-18-10(2)13(19(9)15)7-17-11-4-5-14(20-3)12(16)6-11/h4-6,8,17H,7H2,1-3H3. The van der Waals surface area contributed by atoms with Gasteiger partial charge in [0.1, 0.15) is 5.75 Å². The maximum atomic E-state index is 6.14. The van der Waals surface area contributed by atoms with Gasteiger partial charge in [0.15, 0.2) is 4.96 Å². The molecule has 2 heterocycles. The van der Waals surface area contributed by atoms with Crippen molar-refractivity contribution in [2.24, 2.45) is 0 Å². The average molecular weight is 322 g/mol. The van der Waals surface area contributed by atoms with Gasteiger partial charge in [-0.05, 0) is 32.0 Å². The Morgan fingerprint density at radius 1 is 1.38 bits per heavy atom. The van der Waals surface area contributed by atoms with Crippen molar-refractivity contribution in [1.29, 1.82) is 0 Å². The van der Waals surface area contributed by atoms with Crippen LogP contribution >= 0.6 is 22.9 Å². The molecule has 3 rings (SSSR count). The SMILES string of the molecule is COc1ccc(NCc2c(C)nc3scc(C)n23)cc1Cl. The van der Waals surface area contributed by atoms with Crippen molar-refractivity contribution in [3.05, 3.63) is 45.7 Å². The number of imidazole rings is 1. The van der Waals surface area contributed by atoms with E-state index in [9.17, 15) is 0 Å². The molecule has 0 spiro atoms. The van der Waals surface area contributed by atoms with Crippen molar-refractivity contribution in [2.45, 2.75) is 20.4 Å². The number of nitrogens with one attached hydrogen (secondary N) is 1. The van der Waals surface area contributed by atoms with Gasteiger partial charge in [0.25, 0.3) is 0 Å². The molecule has 110 valence electrons. The Morgan fingerprint density at radius 2 is 2.19 bits per heavy atom. The smallest absolute Gasteiger partial charge is 0.194 e. The zero-order chi connectivity index (χ0) is 15.0. The minimum Gasteiger partial charge on any atom is -0.495 e. The van der Waals surface area contributed by atoms with Gasteiger partial charge in [-0.15, -0.1) is 11.3 Å². The van der Waals surface area contributed by atoms with Gasteiger partial charge in [0.2, 0.25) is 0 Å². The predicted molar refractivity (Wildman–Crippen MR) is 87.9 cm³/mol. The van der Waals surface area contributed by atoms with Crippen LogP contribution in [0.3, 0.4) is 0 Å². The third-order valence-corrected chi connectivity index (χ3v) is 4.68. The molecular formula is C15H16ClN3OS. The number of fused-ring (bicyclic) bond motifs is 1. The number of anilines is 1. The van der Waals surface area contributed by atoms with Crippen LogP contribution in [-0.4, -0.2) is 16.5 Å². The summed E-state index contributed by atoms with van der Waals surface area (Å²) >= 11 is 7.81. The number of nitrogens with zero attached hydrogens (tertiary/aromatic N) is 2. The third-order valence-electron chi connectivity index (χ3n) is 3.44. The van der Waals surface area contributed by atoms with E-state index in [0.29, 0.717) is 17.3 Å². The van der Waals surface area contributed by atoms with E-state index in [1.807, 2.05) is 25.1 Å². The molecule has 0 saturated heterocycles. The second-order valence-corrected chi connectivity index (χ2v) is 6.09. The highest BCUT2D eigenvalue weighted by molar-refractivity contribution is 7.15. The van der Waals surface area contributed by atoms with Gasteiger partial charge in [-0.25, -0.2) is 4.98 Å². The molecule has 1 aromatic carbocycles. The minimum atomic E-state index is 0.601. The zero-order valence-electron chi connectivity index (χ0n) is 12.1. The summed E-state index contributed by atoms with van der Waals surface area (Å²) in [6.07, 6.45) is 0. The van der Waals surface area contributed by atoms with Crippen LogP contribution in [0.25, 0.3) is 4.96 Å². The first kappa shape index (κ1) is 14.2. The van der Waals surface area contributed by atoms with Crippen LogP contribution in [0.15, 0.2) is 23.6 Å². The molecule has 0 saturated carbocycles. The Kier molecular flexibility index (Phi) is 3.78. The summed E-state index contributed by atoms with van der Waals surface area (Å²) in [6, 6.07) is 5.69. The molecule has 1 N–H and O–H groups in total. The first-order valence-corrected chi connectivity index (χ1v) is 7.85. The first-order chi connectivity index (χ1) is 10.1. The lowest BCUT2D eigenvalue weighted by Crippen LogP contribution is -2.04. The maximum Gasteiger partial charge on any atom is 0.194 e. The molecule has 3 aromatic rings. The summed E-state index contributed by atoms with van der Waals surface area (Å²) in [5, 5.41) is 6.11. The number of methoxy groups -OCH3 is 1. The number of hydrogen-bond acceptors (Lipinski definition) is 4. The summed E-state index contributed by atoms with van der Waals surface area (Å²) in [5.74, 6) is 0.679. The quantitative estimate of drug-likeness (QED) is 0.779. The molecule has 0 aliphatic rings. The number of rotatable bonds is 4. The largest absolute Gasteiger partial charge is 0.495 e. The fourth-order valence-corrected chi connectivity index (χ4v) is 3.53. The molecule has 0 aliphatic carbocycles. The van der Waals surface area contributed by atoms with E-state index in [0.717, 1.165) is 16.3 Å². The van der Waals surface area contributed by atoms with Gasteiger partial charge in [0, 0.05) is 16.8 Å². The van der Waals surface area contributed by atoms with Crippen molar-refractivity contribution in [3.8, 4) is 5.75 Å². The number of ether oxygens (including phenoxy) is 1. The number of thiazole rings is 1. The molecule has 0 radical (unpaired) electrons.